The lowest BCUT2D eigenvalue weighted by Gasteiger charge is -2.34. The van der Waals surface area contributed by atoms with Crippen molar-refractivity contribution in [3.8, 4) is 0 Å². The third-order valence-electron chi connectivity index (χ3n) is 8.56. The summed E-state index contributed by atoms with van der Waals surface area (Å²) in [5, 5.41) is 24.9. The fourth-order valence-corrected chi connectivity index (χ4v) is 6.24. The molecule has 1 aromatic heterocycles. The Morgan fingerprint density at radius 2 is 1.95 bits per heavy atom. The molecule has 0 radical (unpaired) electrons. The second-order valence-corrected chi connectivity index (χ2v) is 12.5. The van der Waals surface area contributed by atoms with Crippen molar-refractivity contribution < 1.29 is 29.3 Å². The van der Waals surface area contributed by atoms with E-state index in [0.29, 0.717) is 6.42 Å². The van der Waals surface area contributed by atoms with Gasteiger partial charge in [0.15, 0.2) is 0 Å². The van der Waals surface area contributed by atoms with E-state index in [2.05, 4.69) is 18.8 Å². The number of hydrogen-bond donors (Lipinski definition) is 2. The lowest BCUT2D eigenvalue weighted by molar-refractivity contribution is -0.154. The molecule has 0 amide bonds. The van der Waals surface area contributed by atoms with E-state index in [1.54, 1.807) is 32.1 Å². The smallest absolute Gasteiger partial charge is 0.309 e. The van der Waals surface area contributed by atoms with Crippen molar-refractivity contribution in [1.82, 2.24) is 4.98 Å². The summed E-state index contributed by atoms with van der Waals surface area (Å²) >= 11 is 1.61. The highest BCUT2D eigenvalue weighted by molar-refractivity contribution is 7.09. The molecule has 0 saturated carbocycles. The summed E-state index contributed by atoms with van der Waals surface area (Å²) in [5.41, 5.74) is 0.253. The minimum atomic E-state index is -1.23. The van der Waals surface area contributed by atoms with Crippen LogP contribution in [0.1, 0.15) is 97.7 Å². The molecule has 2 N–H and O–H groups in total. The fraction of sp³-hybridized carbons (Fsp3) is 0.759. The van der Waals surface area contributed by atoms with E-state index in [4.69, 9.17) is 9.47 Å². The predicted molar refractivity (Wildman–Crippen MR) is 145 cm³/mol. The Kier molecular flexibility index (Phi) is 9.76. The van der Waals surface area contributed by atoms with Gasteiger partial charge in [-0.05, 0) is 50.2 Å². The number of epoxide rings is 1. The zero-order chi connectivity index (χ0) is 27.5. The first-order valence-corrected chi connectivity index (χ1v) is 14.6. The van der Waals surface area contributed by atoms with Crippen LogP contribution in [0.15, 0.2) is 11.0 Å². The number of aryl methyl sites for hydroxylation is 1. The van der Waals surface area contributed by atoms with Gasteiger partial charge in [-0.1, -0.05) is 48.0 Å². The number of esters is 1. The third-order valence-corrected chi connectivity index (χ3v) is 9.57. The molecule has 208 valence electrons. The monoisotopic (exact) mass is 535 g/mol. The second kappa shape index (κ2) is 12.1. The second-order valence-electron chi connectivity index (χ2n) is 11.6. The molecular weight excluding hydrogens is 490 g/mol. The van der Waals surface area contributed by atoms with Crippen LogP contribution < -0.4 is 0 Å². The minimum absolute atomic E-state index is 0.0321. The number of hydrogen-bond acceptors (Lipinski definition) is 8. The Hall–Kier alpha value is -1.61. The highest BCUT2D eigenvalue weighted by atomic mass is 32.1. The van der Waals surface area contributed by atoms with E-state index >= 15 is 0 Å². The van der Waals surface area contributed by atoms with Gasteiger partial charge in [0.1, 0.15) is 11.9 Å². The van der Waals surface area contributed by atoms with Crippen molar-refractivity contribution >= 4 is 29.2 Å². The van der Waals surface area contributed by atoms with Gasteiger partial charge in [0.2, 0.25) is 0 Å². The van der Waals surface area contributed by atoms with Gasteiger partial charge in [-0.15, -0.1) is 11.3 Å². The summed E-state index contributed by atoms with van der Waals surface area (Å²) in [7, 11) is 0. The molecule has 0 unspecified atom stereocenters. The molecule has 3 rings (SSSR count). The number of aromatic nitrogens is 1. The first-order chi connectivity index (χ1) is 17.3. The maximum atomic E-state index is 13.3. The molecule has 0 spiro atoms. The Morgan fingerprint density at radius 3 is 2.57 bits per heavy atom. The first-order valence-electron chi connectivity index (χ1n) is 13.7. The summed E-state index contributed by atoms with van der Waals surface area (Å²) in [6.07, 6.45) is 3.81. The molecule has 2 fully saturated rings. The number of carbonyl (C=O) groups is 2. The van der Waals surface area contributed by atoms with Gasteiger partial charge in [-0.3, -0.25) is 9.59 Å². The summed E-state index contributed by atoms with van der Waals surface area (Å²) in [6.45, 7) is 13.1. The Labute approximate surface area is 225 Å². The Balaban J connectivity index is 1.88. The van der Waals surface area contributed by atoms with Gasteiger partial charge < -0.3 is 19.7 Å². The molecular formula is C29H45NO6S. The molecule has 0 aromatic carbocycles. The van der Waals surface area contributed by atoms with Crippen LogP contribution in [0.2, 0.25) is 0 Å². The molecule has 1 aromatic rings. The molecule has 2 aliphatic rings. The van der Waals surface area contributed by atoms with E-state index in [0.717, 1.165) is 48.4 Å². The normalized spacial score (nSPS) is 36.1. The lowest BCUT2D eigenvalue weighted by Crippen LogP contribution is -2.45. The number of fused-ring (bicyclic) bond motifs is 1. The molecule has 2 aliphatic heterocycles. The molecule has 8 heteroatoms. The lowest BCUT2D eigenvalue weighted by atomic mass is 9.73. The van der Waals surface area contributed by atoms with E-state index < -0.39 is 35.6 Å². The van der Waals surface area contributed by atoms with Crippen LogP contribution in [0.3, 0.4) is 0 Å². The average molecular weight is 536 g/mol. The zero-order valence-electron chi connectivity index (χ0n) is 23.5. The van der Waals surface area contributed by atoms with Crippen LogP contribution in [-0.4, -0.2) is 57.0 Å². The molecule has 3 heterocycles. The van der Waals surface area contributed by atoms with Crippen molar-refractivity contribution in [3.05, 3.63) is 21.7 Å². The molecule has 2 saturated heterocycles. The standard InChI is InChI=1S/C29H45NO6S/c1-8-24-30-20(16-37-24)13-18(4)21-14-23-29(9-2,36-23)12-10-11-17(3)26(33)19(5)27(34)28(6,7)22(31)15-25(32)35-21/h13,16-17,19,21-23,26,31,33H,8-12,14-15H2,1-7H3/b18-13+/t17-,19+,21-,22-,23-,26-,29+/m0/s1. The van der Waals surface area contributed by atoms with Crippen molar-refractivity contribution in [2.75, 3.05) is 0 Å². The van der Waals surface area contributed by atoms with Gasteiger partial charge in [0, 0.05) is 17.7 Å². The van der Waals surface area contributed by atoms with Crippen molar-refractivity contribution in [2.45, 2.75) is 123 Å². The van der Waals surface area contributed by atoms with E-state index in [1.165, 1.54) is 0 Å². The number of rotatable bonds is 4. The van der Waals surface area contributed by atoms with Crippen molar-refractivity contribution in [3.63, 3.8) is 0 Å². The van der Waals surface area contributed by atoms with E-state index in [1.807, 2.05) is 25.3 Å². The molecule has 37 heavy (non-hydrogen) atoms. The summed E-state index contributed by atoms with van der Waals surface area (Å²) in [6, 6.07) is 0. The van der Waals surface area contributed by atoms with Crippen molar-refractivity contribution in [1.29, 1.82) is 0 Å². The molecule has 7 atom stereocenters. The van der Waals surface area contributed by atoms with Gasteiger partial charge in [-0.25, -0.2) is 4.98 Å². The van der Waals surface area contributed by atoms with Gasteiger partial charge in [-0.2, -0.15) is 0 Å². The van der Waals surface area contributed by atoms with E-state index in [9.17, 15) is 19.8 Å². The maximum Gasteiger partial charge on any atom is 0.309 e. The minimum Gasteiger partial charge on any atom is -0.458 e. The number of thiazole rings is 1. The number of ether oxygens (including phenoxy) is 2. The largest absolute Gasteiger partial charge is 0.458 e. The number of aliphatic hydroxyl groups is 2. The maximum absolute atomic E-state index is 13.3. The molecule has 0 bridgehead atoms. The zero-order valence-corrected chi connectivity index (χ0v) is 24.3. The molecule has 0 aliphatic carbocycles. The molecule has 7 nitrogen and oxygen atoms in total. The first kappa shape index (κ1) is 29.9. The summed E-state index contributed by atoms with van der Waals surface area (Å²) in [4.78, 5) is 30.9. The van der Waals surface area contributed by atoms with Crippen LogP contribution in [0, 0.1) is 17.3 Å². The SMILES string of the molecule is CCc1nc(/C=C(\C)[C@@H]2C[C@@H]3O[C@]3(CC)CCC[C@H](C)[C@H](O)[C@@H](C)C(=O)C(C)(C)[C@@H](O)CC(=O)O2)cs1. The average Bonchev–Trinajstić information content (AvgIpc) is 3.34. The van der Waals surface area contributed by atoms with Crippen LogP contribution in [-0.2, 0) is 25.5 Å². The number of ketones is 1. The van der Waals surface area contributed by atoms with Gasteiger partial charge in [0.25, 0.3) is 0 Å². The van der Waals surface area contributed by atoms with Gasteiger partial charge in [0.05, 0.1) is 46.5 Å². The number of carbonyl (C=O) groups excluding carboxylic acids is 2. The van der Waals surface area contributed by atoms with Crippen LogP contribution in [0.4, 0.5) is 0 Å². The van der Waals surface area contributed by atoms with Crippen LogP contribution in [0.25, 0.3) is 6.08 Å². The number of aliphatic hydroxyl groups excluding tert-OH is 2. The number of Topliss-reactive ketones (excluding diaryl/α,β-unsaturated/α-hetero) is 1. The summed E-state index contributed by atoms with van der Waals surface area (Å²) < 4.78 is 12.2. The van der Waals surface area contributed by atoms with Crippen LogP contribution in [0.5, 0.6) is 0 Å². The Bertz CT molecular complexity index is 987. The predicted octanol–water partition coefficient (Wildman–Crippen LogP) is 5.12. The number of nitrogens with zero attached hydrogens (tertiary/aromatic N) is 1. The third kappa shape index (κ3) is 6.88. The number of cyclic esters (lactones) is 1. The van der Waals surface area contributed by atoms with Gasteiger partial charge >= 0.3 is 5.97 Å². The van der Waals surface area contributed by atoms with Crippen molar-refractivity contribution in [2.24, 2.45) is 17.3 Å². The summed E-state index contributed by atoms with van der Waals surface area (Å²) in [5.74, 6) is -1.54. The topological polar surface area (TPSA) is 109 Å². The Morgan fingerprint density at radius 1 is 1.24 bits per heavy atom. The fourth-order valence-electron chi connectivity index (χ4n) is 5.53. The quantitative estimate of drug-likeness (QED) is 0.407. The highest BCUT2D eigenvalue weighted by Crippen LogP contribution is 2.47. The van der Waals surface area contributed by atoms with E-state index in [-0.39, 0.29) is 29.8 Å². The highest BCUT2D eigenvalue weighted by Gasteiger charge is 2.55. The van der Waals surface area contributed by atoms with Crippen LogP contribution >= 0.6 is 11.3 Å².